The van der Waals surface area contributed by atoms with Gasteiger partial charge in [0.15, 0.2) is 11.0 Å². The summed E-state index contributed by atoms with van der Waals surface area (Å²) in [4.78, 5) is 14.4. The third-order valence-electron chi connectivity index (χ3n) is 4.36. The lowest BCUT2D eigenvalue weighted by molar-refractivity contribution is -0.120. The zero-order valence-electron chi connectivity index (χ0n) is 15.6. The van der Waals surface area contributed by atoms with Crippen LogP contribution in [0.4, 0.5) is 0 Å². The Bertz CT molecular complexity index is 541. The third-order valence-corrected chi connectivity index (χ3v) is 5.44. The Balaban J connectivity index is 2.14. The molecule has 0 aliphatic heterocycles. The van der Waals surface area contributed by atoms with Crippen LogP contribution < -0.4 is 5.32 Å². The summed E-state index contributed by atoms with van der Waals surface area (Å²) in [6, 6.07) is 0.645. The fourth-order valence-corrected chi connectivity index (χ4v) is 3.59. The molecule has 0 unspecified atom stereocenters. The fraction of sp³-hybridized carbons (Fsp3) is 0.824. The minimum absolute atomic E-state index is 0.105. The van der Waals surface area contributed by atoms with E-state index in [2.05, 4.69) is 52.9 Å². The van der Waals surface area contributed by atoms with Crippen molar-refractivity contribution in [1.29, 1.82) is 0 Å². The quantitative estimate of drug-likeness (QED) is 0.655. The zero-order valence-corrected chi connectivity index (χ0v) is 16.4. The largest absolute Gasteiger partial charge is 0.352 e. The maximum atomic E-state index is 12.2. The van der Waals surface area contributed by atoms with Gasteiger partial charge in [-0.3, -0.25) is 9.69 Å². The van der Waals surface area contributed by atoms with E-state index in [1.807, 2.05) is 6.92 Å². The molecule has 7 heteroatoms. The highest BCUT2D eigenvalue weighted by Crippen LogP contribution is 2.28. The zero-order chi connectivity index (χ0) is 17.7. The second-order valence-electron chi connectivity index (χ2n) is 6.78. The molecule has 1 heterocycles. The maximum absolute atomic E-state index is 12.2. The Morgan fingerprint density at radius 1 is 1.38 bits per heavy atom. The van der Waals surface area contributed by atoms with Gasteiger partial charge in [0.2, 0.25) is 5.91 Å². The van der Waals surface area contributed by atoms with Crippen LogP contribution in [0.1, 0.15) is 64.7 Å². The third kappa shape index (κ3) is 4.96. The monoisotopic (exact) mass is 353 g/mol. The van der Waals surface area contributed by atoms with E-state index in [0.29, 0.717) is 6.04 Å². The summed E-state index contributed by atoms with van der Waals surface area (Å²) in [5, 5.41) is 12.7. The average molecular weight is 354 g/mol. The molecular formula is C17H31N5OS. The molecule has 0 aromatic carbocycles. The van der Waals surface area contributed by atoms with Crippen molar-refractivity contribution in [2.45, 2.75) is 81.9 Å². The van der Waals surface area contributed by atoms with E-state index in [-0.39, 0.29) is 17.2 Å². The summed E-state index contributed by atoms with van der Waals surface area (Å²) >= 11 is 1.52. The number of carbonyl (C=O) groups is 1. The molecule has 2 atom stereocenters. The van der Waals surface area contributed by atoms with Gasteiger partial charge in [-0.25, -0.2) is 0 Å². The van der Waals surface area contributed by atoms with Crippen molar-refractivity contribution >= 4 is 17.7 Å². The summed E-state index contributed by atoms with van der Waals surface area (Å²) in [6.07, 6.45) is 5.42. The maximum Gasteiger partial charge on any atom is 0.233 e. The molecular weight excluding hydrogens is 322 g/mol. The number of carbonyl (C=O) groups excluding carboxylic acids is 1. The van der Waals surface area contributed by atoms with Crippen LogP contribution in [0.15, 0.2) is 5.16 Å². The van der Waals surface area contributed by atoms with Crippen LogP contribution in [-0.2, 0) is 11.3 Å². The van der Waals surface area contributed by atoms with Gasteiger partial charge in [0.25, 0.3) is 0 Å². The lowest BCUT2D eigenvalue weighted by Gasteiger charge is -2.23. The van der Waals surface area contributed by atoms with Gasteiger partial charge in [-0.1, -0.05) is 32.0 Å². The van der Waals surface area contributed by atoms with E-state index in [4.69, 9.17) is 0 Å². The van der Waals surface area contributed by atoms with Crippen LogP contribution in [0.25, 0.3) is 0 Å². The molecule has 2 rings (SSSR count). The van der Waals surface area contributed by atoms with Crippen LogP contribution in [0.3, 0.4) is 0 Å². The Morgan fingerprint density at radius 3 is 2.62 bits per heavy atom. The number of thioether (sulfide) groups is 1. The van der Waals surface area contributed by atoms with E-state index < -0.39 is 0 Å². The summed E-state index contributed by atoms with van der Waals surface area (Å²) in [5.41, 5.74) is 0. The second-order valence-corrected chi connectivity index (χ2v) is 8.08. The van der Waals surface area contributed by atoms with Crippen LogP contribution in [0.2, 0.25) is 0 Å². The number of nitrogens with zero attached hydrogens (tertiary/aromatic N) is 4. The van der Waals surface area contributed by atoms with Gasteiger partial charge in [-0.05, 0) is 46.7 Å². The van der Waals surface area contributed by atoms with Gasteiger partial charge >= 0.3 is 0 Å². The molecule has 1 N–H and O–H groups in total. The van der Waals surface area contributed by atoms with Crippen molar-refractivity contribution in [3.63, 3.8) is 0 Å². The van der Waals surface area contributed by atoms with Crippen molar-refractivity contribution < 1.29 is 4.79 Å². The van der Waals surface area contributed by atoms with E-state index in [9.17, 15) is 4.79 Å². The van der Waals surface area contributed by atoms with Gasteiger partial charge in [-0.15, -0.1) is 10.2 Å². The molecule has 136 valence electrons. The molecule has 1 saturated carbocycles. The molecule has 0 saturated heterocycles. The van der Waals surface area contributed by atoms with Crippen molar-refractivity contribution in [2.75, 3.05) is 14.1 Å². The first kappa shape index (κ1) is 19.2. The van der Waals surface area contributed by atoms with Gasteiger partial charge < -0.3 is 9.88 Å². The standard InChI is InChI=1S/C17H31N5OS/c1-6-8-11-22-15(14(7-2)21(4)5)19-20-17(22)24-12(3)16(23)18-13-9-10-13/h12-14H,6-11H2,1-5H3,(H,18,23)/t12-,14+/m0/s1. The molecule has 1 aromatic rings. The topological polar surface area (TPSA) is 63.1 Å². The number of aromatic nitrogens is 3. The average Bonchev–Trinajstić information content (AvgIpc) is 3.27. The Labute approximate surface area is 149 Å². The van der Waals surface area contributed by atoms with Crippen molar-refractivity contribution in [1.82, 2.24) is 25.0 Å². The van der Waals surface area contributed by atoms with Crippen LogP contribution >= 0.6 is 11.8 Å². The molecule has 6 nitrogen and oxygen atoms in total. The summed E-state index contributed by atoms with van der Waals surface area (Å²) in [6.45, 7) is 7.21. The molecule has 0 bridgehead atoms. The molecule has 1 aromatic heterocycles. The predicted octanol–water partition coefficient (Wildman–Crippen LogP) is 2.85. The summed E-state index contributed by atoms with van der Waals surface area (Å²) < 4.78 is 2.21. The smallest absolute Gasteiger partial charge is 0.233 e. The number of nitrogens with one attached hydrogen (secondary N) is 1. The van der Waals surface area contributed by atoms with E-state index in [1.54, 1.807) is 0 Å². The summed E-state index contributed by atoms with van der Waals surface area (Å²) in [5.74, 6) is 1.11. The summed E-state index contributed by atoms with van der Waals surface area (Å²) in [7, 11) is 4.15. The minimum atomic E-state index is -0.151. The van der Waals surface area contributed by atoms with Gasteiger partial charge in [-0.2, -0.15) is 0 Å². The van der Waals surface area contributed by atoms with Crippen molar-refractivity contribution in [3.05, 3.63) is 5.82 Å². The van der Waals surface area contributed by atoms with E-state index in [1.165, 1.54) is 11.8 Å². The number of amides is 1. The second kappa shape index (κ2) is 8.85. The highest BCUT2D eigenvalue weighted by Gasteiger charge is 2.28. The van der Waals surface area contributed by atoms with Gasteiger partial charge in [0.1, 0.15) is 0 Å². The molecule has 0 spiro atoms. The van der Waals surface area contributed by atoms with E-state index >= 15 is 0 Å². The van der Waals surface area contributed by atoms with Crippen molar-refractivity contribution in [2.24, 2.45) is 0 Å². The van der Waals surface area contributed by atoms with Crippen LogP contribution in [0.5, 0.6) is 0 Å². The Kier molecular flexibility index (Phi) is 7.10. The first-order valence-electron chi connectivity index (χ1n) is 9.04. The highest BCUT2D eigenvalue weighted by atomic mass is 32.2. The minimum Gasteiger partial charge on any atom is -0.352 e. The number of rotatable bonds is 10. The Hall–Kier alpha value is -1.08. The van der Waals surface area contributed by atoms with Crippen molar-refractivity contribution in [3.8, 4) is 0 Å². The number of unbranched alkanes of at least 4 members (excludes halogenated alkanes) is 1. The fourth-order valence-electron chi connectivity index (χ4n) is 2.70. The predicted molar refractivity (Wildman–Crippen MR) is 98.1 cm³/mol. The first-order valence-corrected chi connectivity index (χ1v) is 9.92. The normalized spacial score (nSPS) is 17.1. The van der Waals surface area contributed by atoms with Crippen LogP contribution in [-0.4, -0.2) is 51.0 Å². The molecule has 24 heavy (non-hydrogen) atoms. The highest BCUT2D eigenvalue weighted by molar-refractivity contribution is 8.00. The van der Waals surface area contributed by atoms with E-state index in [0.717, 1.165) is 49.6 Å². The molecule has 1 amide bonds. The van der Waals surface area contributed by atoms with Gasteiger partial charge in [0, 0.05) is 12.6 Å². The number of hydrogen-bond acceptors (Lipinski definition) is 5. The molecule has 0 radical (unpaired) electrons. The van der Waals surface area contributed by atoms with Crippen LogP contribution in [0, 0.1) is 0 Å². The molecule has 1 fully saturated rings. The number of hydrogen-bond donors (Lipinski definition) is 1. The SMILES string of the molecule is CCCCn1c(S[C@@H](C)C(=O)NC2CC2)nnc1[C@@H](CC)N(C)C. The lowest BCUT2D eigenvalue weighted by atomic mass is 10.2. The first-order chi connectivity index (χ1) is 11.5. The van der Waals surface area contributed by atoms with Gasteiger partial charge in [0.05, 0.1) is 11.3 Å². The lowest BCUT2D eigenvalue weighted by Crippen LogP contribution is -2.32. The molecule has 1 aliphatic carbocycles. The Morgan fingerprint density at radius 2 is 2.08 bits per heavy atom. The molecule has 1 aliphatic rings.